The normalized spacial score (nSPS) is 18.0. The van der Waals surface area contributed by atoms with E-state index in [1.807, 2.05) is 20.8 Å². The van der Waals surface area contributed by atoms with Gasteiger partial charge in [0, 0.05) is 25.2 Å². The highest BCUT2D eigenvalue weighted by Gasteiger charge is 2.37. The van der Waals surface area contributed by atoms with Gasteiger partial charge in [-0.15, -0.1) is 0 Å². The first-order chi connectivity index (χ1) is 15.1. The smallest absolute Gasteiger partial charge is 0.416 e. The summed E-state index contributed by atoms with van der Waals surface area (Å²) in [6.07, 6.45) is -0.249. The van der Waals surface area contributed by atoms with E-state index < -0.39 is 17.3 Å². The van der Waals surface area contributed by atoms with Crippen molar-refractivity contribution < 1.29 is 22.7 Å². The summed E-state index contributed by atoms with van der Waals surface area (Å²) >= 11 is 0. The van der Waals surface area contributed by atoms with E-state index in [0.717, 1.165) is 37.9 Å². The Morgan fingerprint density at radius 1 is 1.12 bits per heavy atom. The Hall–Kier alpha value is -2.02. The van der Waals surface area contributed by atoms with Gasteiger partial charge in [0.15, 0.2) is 0 Å². The van der Waals surface area contributed by atoms with Crippen molar-refractivity contribution in [3.8, 4) is 0 Å². The number of rotatable bonds is 7. The number of amides is 1. The largest absolute Gasteiger partial charge is 0.443 e. The van der Waals surface area contributed by atoms with Gasteiger partial charge in [-0.2, -0.15) is 13.2 Å². The zero-order valence-corrected chi connectivity index (χ0v) is 21.0. The van der Waals surface area contributed by atoms with Gasteiger partial charge in [-0.25, -0.2) is 4.79 Å². The van der Waals surface area contributed by atoms with Crippen molar-refractivity contribution in [2.45, 2.75) is 97.0 Å². The fraction of sp³-hybridized carbons (Fsp3) is 0.654. The van der Waals surface area contributed by atoms with E-state index in [9.17, 15) is 18.0 Å². The van der Waals surface area contributed by atoms with E-state index in [1.165, 1.54) is 17.7 Å². The molecule has 0 saturated carbocycles. The fourth-order valence-corrected chi connectivity index (χ4v) is 4.35. The molecular formula is C26H39F3N2O2. The minimum Gasteiger partial charge on any atom is -0.443 e. The van der Waals surface area contributed by atoms with E-state index in [2.05, 4.69) is 44.0 Å². The predicted octanol–water partition coefficient (Wildman–Crippen LogP) is 6.70. The number of hydrogen-bond donors (Lipinski definition) is 1. The Morgan fingerprint density at radius 3 is 2.09 bits per heavy atom. The number of carbonyl (C=O) groups is 1. The highest BCUT2D eigenvalue weighted by atomic mass is 19.4. The van der Waals surface area contributed by atoms with E-state index >= 15 is 0 Å². The molecule has 1 unspecified atom stereocenters. The van der Waals surface area contributed by atoms with Gasteiger partial charge in [0.05, 0.1) is 5.56 Å². The molecule has 0 spiro atoms. The number of hydrogen-bond acceptors (Lipinski definition) is 3. The van der Waals surface area contributed by atoms with Crippen LogP contribution >= 0.6 is 0 Å². The van der Waals surface area contributed by atoms with Crippen LogP contribution in [0.25, 0.3) is 0 Å². The monoisotopic (exact) mass is 468 g/mol. The number of halogens is 3. The first kappa shape index (κ1) is 27.2. The number of alkyl carbamates (subject to hydrolysis) is 1. The molecule has 186 valence electrons. The minimum atomic E-state index is -4.33. The van der Waals surface area contributed by atoms with Crippen LogP contribution in [0.15, 0.2) is 35.9 Å². The number of nitrogens with one attached hydrogen (secondary N) is 1. The Bertz CT molecular complexity index is 817. The highest BCUT2D eigenvalue weighted by Crippen LogP contribution is 2.36. The van der Waals surface area contributed by atoms with Crippen LogP contribution in [-0.4, -0.2) is 41.8 Å². The number of allylic oxidation sites excluding steroid dienone is 1. The van der Waals surface area contributed by atoms with Crippen molar-refractivity contribution >= 4 is 6.09 Å². The van der Waals surface area contributed by atoms with Crippen LogP contribution in [0.4, 0.5) is 18.0 Å². The first-order valence-electron chi connectivity index (χ1n) is 11.7. The summed E-state index contributed by atoms with van der Waals surface area (Å²) in [5.41, 5.74) is 0.644. The number of benzene rings is 1. The standard InChI is InChI=1S/C26H39F3N2O2/c1-18(2)16-22(17-24(5,6)20-8-10-21(11-9-20)26(27,28)29)31-14-12-25(7,13-15-31)33-23(32)30-19(3)4/h8-11,16,19,22H,12-15,17H2,1-7H3,(H,30,32). The zero-order valence-electron chi connectivity index (χ0n) is 21.0. The summed E-state index contributed by atoms with van der Waals surface area (Å²) in [5.74, 6) is 0. The third kappa shape index (κ3) is 8.05. The molecule has 1 saturated heterocycles. The molecule has 1 atom stereocenters. The van der Waals surface area contributed by atoms with E-state index in [0.29, 0.717) is 0 Å². The fourth-order valence-electron chi connectivity index (χ4n) is 4.35. The van der Waals surface area contributed by atoms with Crippen LogP contribution < -0.4 is 5.32 Å². The van der Waals surface area contributed by atoms with Crippen molar-refractivity contribution in [2.75, 3.05) is 13.1 Å². The van der Waals surface area contributed by atoms with Crippen LogP contribution in [0.1, 0.15) is 78.9 Å². The molecule has 1 N–H and O–H groups in total. The summed E-state index contributed by atoms with van der Waals surface area (Å²) in [6, 6.07) is 5.68. The molecule has 33 heavy (non-hydrogen) atoms. The summed E-state index contributed by atoms with van der Waals surface area (Å²) in [5, 5.41) is 2.78. The maximum atomic E-state index is 13.0. The summed E-state index contributed by atoms with van der Waals surface area (Å²) < 4.78 is 44.6. The van der Waals surface area contributed by atoms with Crippen molar-refractivity contribution in [3.63, 3.8) is 0 Å². The Balaban J connectivity index is 2.11. The lowest BCUT2D eigenvalue weighted by molar-refractivity contribution is -0.137. The molecule has 1 heterocycles. The molecule has 0 radical (unpaired) electrons. The second-order valence-corrected chi connectivity index (χ2v) is 10.6. The topological polar surface area (TPSA) is 41.6 Å². The molecule has 2 rings (SSSR count). The van der Waals surface area contributed by atoms with Gasteiger partial charge in [0.25, 0.3) is 0 Å². The Labute approximate surface area is 196 Å². The highest BCUT2D eigenvalue weighted by molar-refractivity contribution is 5.68. The molecule has 1 aromatic rings. The average Bonchev–Trinajstić information content (AvgIpc) is 2.66. The Morgan fingerprint density at radius 2 is 1.64 bits per heavy atom. The van der Waals surface area contributed by atoms with Gasteiger partial charge in [-0.1, -0.05) is 37.6 Å². The molecular weight excluding hydrogens is 429 g/mol. The molecule has 1 amide bonds. The number of piperidine rings is 1. The van der Waals surface area contributed by atoms with Crippen LogP contribution in [0.3, 0.4) is 0 Å². The number of nitrogens with zero attached hydrogens (tertiary/aromatic N) is 1. The number of carbonyl (C=O) groups excluding carboxylic acids is 1. The van der Waals surface area contributed by atoms with Crippen LogP contribution in [-0.2, 0) is 16.3 Å². The van der Waals surface area contributed by atoms with Crippen molar-refractivity contribution in [3.05, 3.63) is 47.0 Å². The number of alkyl halides is 3. The maximum absolute atomic E-state index is 13.0. The van der Waals surface area contributed by atoms with Crippen molar-refractivity contribution in [2.24, 2.45) is 0 Å². The van der Waals surface area contributed by atoms with Gasteiger partial charge >= 0.3 is 12.3 Å². The molecule has 4 nitrogen and oxygen atoms in total. The van der Waals surface area contributed by atoms with E-state index in [1.54, 1.807) is 12.1 Å². The first-order valence-corrected chi connectivity index (χ1v) is 11.7. The predicted molar refractivity (Wildman–Crippen MR) is 126 cm³/mol. The third-order valence-electron chi connectivity index (χ3n) is 6.31. The minimum absolute atomic E-state index is 0.0238. The maximum Gasteiger partial charge on any atom is 0.416 e. The van der Waals surface area contributed by atoms with Crippen molar-refractivity contribution in [1.82, 2.24) is 10.2 Å². The second kappa shape index (κ2) is 10.5. The lowest BCUT2D eigenvalue weighted by Crippen LogP contribution is -2.50. The van der Waals surface area contributed by atoms with Gasteiger partial charge in [0.1, 0.15) is 5.60 Å². The molecule has 1 aromatic carbocycles. The van der Waals surface area contributed by atoms with Crippen molar-refractivity contribution in [1.29, 1.82) is 0 Å². The molecule has 1 aliphatic heterocycles. The molecule has 0 aromatic heterocycles. The lowest BCUT2D eigenvalue weighted by atomic mass is 9.77. The molecule has 1 aliphatic rings. The Kier molecular flexibility index (Phi) is 8.66. The van der Waals surface area contributed by atoms with Crippen LogP contribution in [0.5, 0.6) is 0 Å². The SMILES string of the molecule is CC(C)=CC(CC(C)(C)c1ccc(C(F)(F)F)cc1)N1CCC(C)(OC(=O)NC(C)C)CC1. The molecule has 0 aliphatic carbocycles. The summed E-state index contributed by atoms with van der Waals surface area (Å²) in [7, 11) is 0. The van der Waals surface area contributed by atoms with E-state index in [4.69, 9.17) is 4.74 Å². The van der Waals surface area contributed by atoms with Gasteiger partial charge in [-0.3, -0.25) is 4.90 Å². The summed E-state index contributed by atoms with van der Waals surface area (Å²) in [4.78, 5) is 14.5. The molecule has 7 heteroatoms. The molecule has 1 fully saturated rings. The van der Waals surface area contributed by atoms with Crippen LogP contribution in [0.2, 0.25) is 0 Å². The third-order valence-corrected chi connectivity index (χ3v) is 6.31. The molecule has 0 bridgehead atoms. The van der Waals surface area contributed by atoms with E-state index in [-0.39, 0.29) is 23.6 Å². The van der Waals surface area contributed by atoms with Gasteiger partial charge < -0.3 is 10.1 Å². The second-order valence-electron chi connectivity index (χ2n) is 10.6. The van der Waals surface area contributed by atoms with Gasteiger partial charge in [-0.05, 0) is 77.0 Å². The average molecular weight is 469 g/mol. The van der Waals surface area contributed by atoms with Gasteiger partial charge in [0.2, 0.25) is 0 Å². The number of ether oxygens (including phenoxy) is 1. The summed E-state index contributed by atoms with van der Waals surface area (Å²) in [6.45, 7) is 15.6. The zero-order chi connectivity index (χ0) is 25.0. The van der Waals surface area contributed by atoms with Crippen LogP contribution in [0, 0.1) is 0 Å². The quantitative estimate of drug-likeness (QED) is 0.453. The lowest BCUT2D eigenvalue weighted by Gasteiger charge is -2.43. The number of likely N-dealkylation sites (tertiary alicyclic amines) is 1.